The van der Waals surface area contributed by atoms with Gasteiger partial charge < -0.3 is 19.0 Å². The molecule has 0 aliphatic rings. The molecule has 2 N–H and O–H groups in total. The summed E-state index contributed by atoms with van der Waals surface area (Å²) < 4.78 is 9.06. The van der Waals surface area contributed by atoms with Gasteiger partial charge in [0.2, 0.25) is 17.3 Å². The average Bonchev–Trinajstić information content (AvgIpc) is 3.08. The number of hydrogen-bond donors (Lipinski definition) is 2. The molecule has 2 rings (SSSR count). The molecule has 0 unspecified atom stereocenters. The number of aldehydes is 1. The van der Waals surface area contributed by atoms with Gasteiger partial charge in [-0.05, 0) is 24.3 Å². The molecule has 8 nitrogen and oxygen atoms in total. The number of carbonyl (C=O) groups excluding carboxylic acids is 1. The second-order valence-corrected chi connectivity index (χ2v) is 3.21. The third-order valence-corrected chi connectivity index (χ3v) is 1.88. The van der Waals surface area contributed by atoms with Gasteiger partial charge >= 0.3 is 11.9 Å². The number of carboxylic acids is 2. The van der Waals surface area contributed by atoms with E-state index in [2.05, 4.69) is 8.83 Å². The predicted molar refractivity (Wildman–Crippen MR) is 61.4 cm³/mol. The fraction of sp³-hybridized carbons (Fsp3) is 0. The van der Waals surface area contributed by atoms with Crippen molar-refractivity contribution in [2.45, 2.75) is 0 Å². The molecule has 20 heavy (non-hydrogen) atoms. The van der Waals surface area contributed by atoms with E-state index in [0.717, 1.165) is 0 Å². The first-order valence-electron chi connectivity index (χ1n) is 4.99. The number of carboxylic acid groups (broad SMARTS) is 2. The van der Waals surface area contributed by atoms with Crippen molar-refractivity contribution >= 4 is 18.2 Å². The summed E-state index contributed by atoms with van der Waals surface area (Å²) in [5.74, 6) is -2.73. The van der Waals surface area contributed by atoms with Crippen molar-refractivity contribution in [3.63, 3.8) is 0 Å². The Labute approximate surface area is 111 Å². The molecule has 8 heteroatoms. The van der Waals surface area contributed by atoms with Crippen LogP contribution < -0.4 is 0 Å². The fourth-order valence-electron chi connectivity index (χ4n) is 1.04. The SMILES string of the molecule is N#Cc1ccc(C(=O)O)o1.O=Cc1ccc(C(=O)O)o1. The number of nitriles is 1. The van der Waals surface area contributed by atoms with Crippen LogP contribution in [0, 0.1) is 11.3 Å². The zero-order valence-corrected chi connectivity index (χ0v) is 9.77. The number of rotatable bonds is 3. The molecule has 0 fully saturated rings. The second kappa shape index (κ2) is 6.55. The van der Waals surface area contributed by atoms with E-state index >= 15 is 0 Å². The minimum absolute atomic E-state index is 0.0115. The molecule has 0 radical (unpaired) electrons. The zero-order valence-electron chi connectivity index (χ0n) is 9.77. The normalized spacial score (nSPS) is 8.95. The molecule has 0 aromatic carbocycles. The van der Waals surface area contributed by atoms with Crippen molar-refractivity contribution < 1.29 is 33.4 Å². The van der Waals surface area contributed by atoms with E-state index in [1.807, 2.05) is 0 Å². The molecule has 0 aliphatic carbocycles. The lowest BCUT2D eigenvalue weighted by atomic mass is 10.4. The van der Waals surface area contributed by atoms with E-state index < -0.39 is 11.9 Å². The zero-order chi connectivity index (χ0) is 15.1. The minimum Gasteiger partial charge on any atom is -0.475 e. The van der Waals surface area contributed by atoms with E-state index in [-0.39, 0.29) is 23.0 Å². The largest absolute Gasteiger partial charge is 0.475 e. The van der Waals surface area contributed by atoms with Crippen LogP contribution in [0.1, 0.15) is 37.4 Å². The Morgan fingerprint density at radius 1 is 1.05 bits per heavy atom. The van der Waals surface area contributed by atoms with Crippen LogP contribution in [-0.2, 0) is 0 Å². The average molecular weight is 277 g/mol. The monoisotopic (exact) mass is 277 g/mol. The van der Waals surface area contributed by atoms with Crippen molar-refractivity contribution in [3.05, 3.63) is 47.3 Å². The fourth-order valence-corrected chi connectivity index (χ4v) is 1.04. The highest BCUT2D eigenvalue weighted by Crippen LogP contribution is 2.05. The van der Waals surface area contributed by atoms with E-state index in [9.17, 15) is 14.4 Å². The summed E-state index contributed by atoms with van der Waals surface area (Å²) in [6.07, 6.45) is 0.451. The van der Waals surface area contributed by atoms with E-state index in [1.54, 1.807) is 6.07 Å². The van der Waals surface area contributed by atoms with Gasteiger partial charge in [0.05, 0.1) is 0 Å². The summed E-state index contributed by atoms with van der Waals surface area (Å²) in [7, 11) is 0. The first-order chi connectivity index (χ1) is 9.47. The molecule has 0 saturated heterocycles. The third kappa shape index (κ3) is 3.85. The summed E-state index contributed by atoms with van der Waals surface area (Å²) in [5, 5.41) is 24.8. The molecule has 0 saturated carbocycles. The standard InChI is InChI=1S/C6H3NO3.C6H4O4/c2*7-3-4-1-2-5(10-4)6(8)9/h1-2H,(H,8,9);1-3H,(H,8,9). The third-order valence-electron chi connectivity index (χ3n) is 1.88. The van der Waals surface area contributed by atoms with Gasteiger partial charge in [0.15, 0.2) is 12.0 Å². The maximum absolute atomic E-state index is 10.1. The van der Waals surface area contributed by atoms with Crippen LogP contribution in [0.3, 0.4) is 0 Å². The first-order valence-corrected chi connectivity index (χ1v) is 4.99. The molecule has 0 atom stereocenters. The van der Waals surface area contributed by atoms with E-state index in [4.69, 9.17) is 15.5 Å². The van der Waals surface area contributed by atoms with Crippen molar-refractivity contribution in [2.24, 2.45) is 0 Å². The molecule has 2 aromatic heterocycles. The number of furan rings is 2. The molecule has 2 aromatic rings. The Balaban J connectivity index is 0.000000200. The smallest absolute Gasteiger partial charge is 0.371 e. The van der Waals surface area contributed by atoms with Crippen LogP contribution in [0.5, 0.6) is 0 Å². The topological polar surface area (TPSA) is 142 Å². The Morgan fingerprint density at radius 3 is 1.90 bits per heavy atom. The summed E-state index contributed by atoms with van der Waals surface area (Å²) >= 11 is 0. The van der Waals surface area contributed by atoms with Gasteiger partial charge in [-0.2, -0.15) is 5.26 Å². The molecule has 0 amide bonds. The van der Waals surface area contributed by atoms with Gasteiger partial charge in [-0.3, -0.25) is 4.79 Å². The van der Waals surface area contributed by atoms with Crippen LogP contribution >= 0.6 is 0 Å². The maximum atomic E-state index is 10.1. The van der Waals surface area contributed by atoms with E-state index in [1.165, 1.54) is 24.3 Å². The lowest BCUT2D eigenvalue weighted by Crippen LogP contribution is -1.91. The number of carbonyl (C=O) groups is 3. The Hall–Kier alpha value is -3.34. The van der Waals surface area contributed by atoms with Crippen LogP contribution in [0.4, 0.5) is 0 Å². The molecule has 0 aliphatic heterocycles. The summed E-state index contributed by atoms with van der Waals surface area (Å²) in [6, 6.07) is 6.75. The molecule has 2 heterocycles. The highest BCUT2D eigenvalue weighted by molar-refractivity contribution is 5.85. The Bertz CT molecular complexity index is 674. The second-order valence-electron chi connectivity index (χ2n) is 3.21. The van der Waals surface area contributed by atoms with Crippen LogP contribution in [0.2, 0.25) is 0 Å². The first kappa shape index (κ1) is 14.7. The number of aromatic carboxylic acids is 2. The van der Waals surface area contributed by atoms with Crippen molar-refractivity contribution in [1.29, 1.82) is 5.26 Å². The van der Waals surface area contributed by atoms with E-state index in [0.29, 0.717) is 6.29 Å². The molecular formula is C12H7NO7. The van der Waals surface area contributed by atoms with Gasteiger partial charge in [-0.15, -0.1) is 0 Å². The van der Waals surface area contributed by atoms with Crippen molar-refractivity contribution in [3.8, 4) is 6.07 Å². The maximum Gasteiger partial charge on any atom is 0.371 e. The summed E-state index contributed by atoms with van der Waals surface area (Å²) in [4.78, 5) is 30.2. The van der Waals surface area contributed by atoms with Gasteiger partial charge in [-0.1, -0.05) is 0 Å². The summed E-state index contributed by atoms with van der Waals surface area (Å²) in [5.41, 5.74) is 0. The minimum atomic E-state index is -1.17. The van der Waals surface area contributed by atoms with Crippen molar-refractivity contribution in [2.75, 3.05) is 0 Å². The van der Waals surface area contributed by atoms with Gasteiger partial charge in [0, 0.05) is 0 Å². The highest BCUT2D eigenvalue weighted by Gasteiger charge is 2.07. The van der Waals surface area contributed by atoms with Gasteiger partial charge in [0.1, 0.15) is 6.07 Å². The van der Waals surface area contributed by atoms with Crippen LogP contribution in [-0.4, -0.2) is 28.4 Å². The number of hydrogen-bond acceptors (Lipinski definition) is 6. The lowest BCUT2D eigenvalue weighted by molar-refractivity contribution is 0.0651. The molecule has 102 valence electrons. The Morgan fingerprint density at radius 2 is 1.60 bits per heavy atom. The molecule has 0 bridgehead atoms. The number of nitrogens with zero attached hydrogens (tertiary/aromatic N) is 1. The van der Waals surface area contributed by atoms with Crippen LogP contribution in [0.25, 0.3) is 0 Å². The molecule has 0 spiro atoms. The van der Waals surface area contributed by atoms with Gasteiger partial charge in [0.25, 0.3) is 0 Å². The van der Waals surface area contributed by atoms with Crippen molar-refractivity contribution in [1.82, 2.24) is 0 Å². The highest BCUT2D eigenvalue weighted by atomic mass is 16.4. The van der Waals surface area contributed by atoms with Gasteiger partial charge in [-0.25, -0.2) is 9.59 Å². The lowest BCUT2D eigenvalue weighted by Gasteiger charge is -1.81. The molecular weight excluding hydrogens is 270 g/mol. The summed E-state index contributed by atoms with van der Waals surface area (Å²) in [6.45, 7) is 0. The quantitative estimate of drug-likeness (QED) is 0.806. The van der Waals surface area contributed by atoms with Crippen LogP contribution in [0.15, 0.2) is 33.1 Å². The Kier molecular flexibility index (Phi) is 4.82. The predicted octanol–water partition coefficient (Wildman–Crippen LogP) is 1.64.